The third kappa shape index (κ3) is 2.90. The molecule has 0 spiro atoms. The summed E-state index contributed by atoms with van der Waals surface area (Å²) in [6, 6.07) is 3.70. The summed E-state index contributed by atoms with van der Waals surface area (Å²) in [5.74, 6) is 0.399. The van der Waals surface area contributed by atoms with Gasteiger partial charge in [0.15, 0.2) is 17.6 Å². The molecule has 2 unspecified atom stereocenters. The van der Waals surface area contributed by atoms with E-state index in [2.05, 4.69) is 22.9 Å². The number of Topliss-reactive ketones (excluding diaryl/α,β-unsaturated/α-hetero) is 1. The van der Waals surface area contributed by atoms with Crippen LogP contribution in [0, 0.1) is 5.92 Å². The molecular formula is C19H21BrO4. The van der Waals surface area contributed by atoms with E-state index in [0.29, 0.717) is 29.1 Å². The van der Waals surface area contributed by atoms with Crippen LogP contribution in [0.1, 0.15) is 56.0 Å². The summed E-state index contributed by atoms with van der Waals surface area (Å²) >= 11 is 3.61. The molecule has 0 aromatic heterocycles. The molecule has 3 rings (SSSR count). The number of esters is 1. The van der Waals surface area contributed by atoms with Gasteiger partial charge >= 0.3 is 5.97 Å². The maximum atomic E-state index is 12.5. The van der Waals surface area contributed by atoms with Crippen LogP contribution in [0.5, 0.6) is 5.75 Å². The van der Waals surface area contributed by atoms with E-state index in [-0.39, 0.29) is 11.7 Å². The van der Waals surface area contributed by atoms with E-state index in [4.69, 9.17) is 9.47 Å². The van der Waals surface area contributed by atoms with Crippen LogP contribution in [-0.2, 0) is 16.0 Å². The van der Waals surface area contributed by atoms with Gasteiger partial charge in [0.2, 0.25) is 0 Å². The van der Waals surface area contributed by atoms with Crippen molar-refractivity contribution in [2.75, 3.05) is 0 Å². The number of allylic oxidation sites excluding steroid dienone is 1. The molecule has 0 saturated heterocycles. The first-order chi connectivity index (χ1) is 11.4. The number of carbonyl (C=O) groups is 2. The van der Waals surface area contributed by atoms with Crippen LogP contribution in [0.2, 0.25) is 0 Å². The second-order valence-corrected chi connectivity index (χ2v) is 7.33. The van der Waals surface area contributed by atoms with Gasteiger partial charge in [-0.1, -0.05) is 26.3 Å². The second kappa shape index (κ2) is 6.71. The Balaban J connectivity index is 2.07. The molecule has 2 aliphatic rings. The molecule has 24 heavy (non-hydrogen) atoms. The third-order valence-corrected chi connectivity index (χ3v) is 5.58. The lowest BCUT2D eigenvalue weighted by Gasteiger charge is -2.29. The van der Waals surface area contributed by atoms with Crippen molar-refractivity contribution >= 4 is 27.7 Å². The molecule has 1 aliphatic carbocycles. The average Bonchev–Trinajstić information content (AvgIpc) is 2.70. The van der Waals surface area contributed by atoms with Gasteiger partial charge in [0, 0.05) is 17.9 Å². The van der Waals surface area contributed by atoms with Crippen LogP contribution in [0.3, 0.4) is 0 Å². The van der Waals surface area contributed by atoms with E-state index >= 15 is 0 Å². The van der Waals surface area contributed by atoms with Gasteiger partial charge in [-0.3, -0.25) is 4.79 Å². The Morgan fingerprint density at radius 3 is 2.75 bits per heavy atom. The van der Waals surface area contributed by atoms with Gasteiger partial charge in [0.1, 0.15) is 11.3 Å². The summed E-state index contributed by atoms with van der Waals surface area (Å²) in [5, 5.41) is 0. The summed E-state index contributed by atoms with van der Waals surface area (Å²) < 4.78 is 12.6. The highest BCUT2D eigenvalue weighted by Gasteiger charge is 2.40. The van der Waals surface area contributed by atoms with E-state index in [1.54, 1.807) is 13.0 Å². The number of benzene rings is 1. The highest BCUT2D eigenvalue weighted by molar-refractivity contribution is 9.10. The number of carbonyl (C=O) groups excluding carboxylic acids is 2. The summed E-state index contributed by atoms with van der Waals surface area (Å²) in [6.07, 6.45) is 3.08. The predicted molar refractivity (Wildman–Crippen MR) is 94.1 cm³/mol. The molecule has 0 amide bonds. The lowest BCUT2D eigenvalue weighted by atomic mass is 9.86. The molecular weight excluding hydrogens is 372 g/mol. The Bertz CT molecular complexity index is 735. The van der Waals surface area contributed by atoms with E-state index < -0.39 is 12.1 Å². The van der Waals surface area contributed by atoms with E-state index in [9.17, 15) is 9.59 Å². The van der Waals surface area contributed by atoms with Crippen molar-refractivity contribution in [3.8, 4) is 5.75 Å². The van der Waals surface area contributed by atoms with Gasteiger partial charge in [-0.05, 0) is 47.3 Å². The van der Waals surface area contributed by atoms with Crippen LogP contribution in [0.25, 0.3) is 0 Å². The third-order valence-electron chi connectivity index (χ3n) is 4.71. The zero-order valence-corrected chi connectivity index (χ0v) is 15.7. The zero-order valence-electron chi connectivity index (χ0n) is 14.1. The van der Waals surface area contributed by atoms with Crippen LogP contribution < -0.4 is 4.74 Å². The minimum absolute atomic E-state index is 0.0128. The lowest BCUT2D eigenvalue weighted by molar-refractivity contribution is -0.118. The van der Waals surface area contributed by atoms with Crippen molar-refractivity contribution in [2.45, 2.75) is 52.6 Å². The molecule has 1 aliphatic heterocycles. The monoisotopic (exact) mass is 392 g/mol. The first kappa shape index (κ1) is 17.2. The molecule has 1 heterocycles. The van der Waals surface area contributed by atoms with Gasteiger partial charge in [0.05, 0.1) is 4.47 Å². The van der Waals surface area contributed by atoms with E-state index in [0.717, 1.165) is 29.3 Å². The number of hydrogen-bond donors (Lipinski definition) is 0. The highest BCUT2D eigenvalue weighted by atomic mass is 79.9. The molecule has 0 radical (unpaired) electrons. The Kier molecular flexibility index (Phi) is 4.81. The van der Waals surface area contributed by atoms with Crippen molar-refractivity contribution in [3.63, 3.8) is 0 Å². The number of ether oxygens (including phenoxy) is 2. The SMILES string of the molecule is CCCCc1ccc2c(c1Br)OC1C(=C(C)C(=O)CC1C)OC2=O. The quantitative estimate of drug-likeness (QED) is 0.705. The van der Waals surface area contributed by atoms with Crippen LogP contribution in [0.4, 0.5) is 0 Å². The molecule has 2 atom stereocenters. The molecule has 1 aromatic carbocycles. The van der Waals surface area contributed by atoms with Crippen molar-refractivity contribution in [2.24, 2.45) is 5.92 Å². The van der Waals surface area contributed by atoms with E-state index in [1.165, 1.54) is 0 Å². The average molecular weight is 393 g/mol. The van der Waals surface area contributed by atoms with Gasteiger partial charge in [-0.15, -0.1) is 0 Å². The van der Waals surface area contributed by atoms with Crippen molar-refractivity contribution in [1.29, 1.82) is 0 Å². The largest absolute Gasteiger partial charge is 0.480 e. The van der Waals surface area contributed by atoms with Gasteiger partial charge < -0.3 is 9.47 Å². The fraction of sp³-hybridized carbons (Fsp3) is 0.474. The predicted octanol–water partition coefficient (Wildman–Crippen LogP) is 4.59. The van der Waals surface area contributed by atoms with E-state index in [1.807, 2.05) is 13.0 Å². The first-order valence-electron chi connectivity index (χ1n) is 8.38. The maximum absolute atomic E-state index is 12.5. The van der Waals surface area contributed by atoms with Gasteiger partial charge in [-0.25, -0.2) is 4.79 Å². The molecule has 1 aromatic rings. The lowest BCUT2D eigenvalue weighted by Crippen LogP contribution is -2.35. The molecule has 0 N–H and O–H groups in total. The maximum Gasteiger partial charge on any atom is 0.347 e. The topological polar surface area (TPSA) is 52.6 Å². The number of ketones is 1. The standard InChI is InChI=1S/C19H21BrO4/c1-4-5-6-12-7-8-13-18(15(12)20)23-16-10(2)9-14(21)11(3)17(16)24-19(13)22/h7-8,10,16H,4-6,9H2,1-3H3. The zero-order chi connectivity index (χ0) is 17.4. The first-order valence-corrected chi connectivity index (χ1v) is 9.17. The van der Waals surface area contributed by atoms with Crippen molar-refractivity contribution < 1.29 is 19.1 Å². The normalized spacial score (nSPS) is 23.2. The summed E-state index contributed by atoms with van der Waals surface area (Å²) in [5.41, 5.74) is 2.00. The Hall–Kier alpha value is -1.62. The Morgan fingerprint density at radius 2 is 2.04 bits per heavy atom. The second-order valence-electron chi connectivity index (χ2n) is 6.54. The minimum Gasteiger partial charge on any atom is -0.480 e. The summed E-state index contributed by atoms with van der Waals surface area (Å²) in [7, 11) is 0. The highest BCUT2D eigenvalue weighted by Crippen LogP contribution is 2.41. The van der Waals surface area contributed by atoms with Crippen LogP contribution in [0.15, 0.2) is 27.9 Å². The smallest absolute Gasteiger partial charge is 0.347 e. The summed E-state index contributed by atoms with van der Waals surface area (Å²) in [6.45, 7) is 5.79. The van der Waals surface area contributed by atoms with Gasteiger partial charge in [-0.2, -0.15) is 0 Å². The molecule has 128 valence electrons. The molecule has 0 bridgehead atoms. The van der Waals surface area contributed by atoms with Crippen LogP contribution >= 0.6 is 15.9 Å². The fourth-order valence-electron chi connectivity index (χ4n) is 3.18. The molecule has 4 nitrogen and oxygen atoms in total. The number of fused-ring (bicyclic) bond motifs is 2. The molecule has 0 saturated carbocycles. The fourth-order valence-corrected chi connectivity index (χ4v) is 3.82. The van der Waals surface area contributed by atoms with Gasteiger partial charge in [0.25, 0.3) is 0 Å². The summed E-state index contributed by atoms with van der Waals surface area (Å²) in [4.78, 5) is 24.6. The minimum atomic E-state index is -0.466. The Morgan fingerprint density at radius 1 is 1.29 bits per heavy atom. The van der Waals surface area contributed by atoms with Crippen LogP contribution in [-0.4, -0.2) is 17.9 Å². The Labute approximate surface area is 150 Å². The number of aryl methyl sites for hydroxylation is 1. The number of rotatable bonds is 3. The number of hydrogen-bond acceptors (Lipinski definition) is 4. The van der Waals surface area contributed by atoms with Crippen molar-refractivity contribution in [3.05, 3.63) is 39.1 Å². The number of unbranched alkanes of at least 4 members (excludes halogenated alkanes) is 1. The number of halogens is 1. The molecule has 0 fully saturated rings. The van der Waals surface area contributed by atoms with Crippen molar-refractivity contribution in [1.82, 2.24) is 0 Å². The molecule has 5 heteroatoms.